The molecule has 94 valence electrons. The van der Waals surface area contributed by atoms with Crippen LogP contribution in [0.25, 0.3) is 0 Å². The molecule has 0 saturated carbocycles. The van der Waals surface area contributed by atoms with Crippen LogP contribution in [0.15, 0.2) is 6.07 Å². The molecule has 1 atom stereocenters. The lowest BCUT2D eigenvalue weighted by molar-refractivity contribution is 0.0941. The number of thioether (sulfide) groups is 1. The molecule has 17 heavy (non-hydrogen) atoms. The molecule has 1 amide bonds. The van der Waals surface area contributed by atoms with Gasteiger partial charge in [0.25, 0.3) is 5.91 Å². The monoisotopic (exact) mass is 270 g/mol. The first kappa shape index (κ1) is 12.9. The number of nitrogens with two attached hydrogens (primary N) is 1. The van der Waals surface area contributed by atoms with E-state index in [1.54, 1.807) is 11.3 Å². The number of thiophene rings is 1. The van der Waals surface area contributed by atoms with Gasteiger partial charge in [-0.15, -0.1) is 11.3 Å². The first-order valence-corrected chi connectivity index (χ1v) is 7.92. The highest BCUT2D eigenvalue weighted by atomic mass is 32.2. The number of carbonyl (C=O) groups excluding carboxylic acids is 1. The predicted molar refractivity (Wildman–Crippen MR) is 74.8 cm³/mol. The van der Waals surface area contributed by atoms with Crippen molar-refractivity contribution in [3.63, 3.8) is 0 Å². The largest absolute Gasteiger partial charge is 0.347 e. The van der Waals surface area contributed by atoms with E-state index in [4.69, 9.17) is 5.73 Å². The van der Waals surface area contributed by atoms with Gasteiger partial charge in [0.05, 0.1) is 4.88 Å². The third-order valence-electron chi connectivity index (χ3n) is 2.96. The Morgan fingerprint density at radius 1 is 1.65 bits per heavy atom. The SMILES string of the molecule is CCC(CN)NC(=O)c1cc2c(s1)CCSC2. The number of hydrogen-bond donors (Lipinski definition) is 2. The predicted octanol–water partition coefficient (Wildman–Crippen LogP) is 2.00. The summed E-state index contributed by atoms with van der Waals surface area (Å²) in [5.74, 6) is 2.26. The van der Waals surface area contributed by atoms with Crippen LogP contribution in [0.5, 0.6) is 0 Å². The minimum absolute atomic E-state index is 0.0340. The van der Waals surface area contributed by atoms with E-state index in [0.29, 0.717) is 6.54 Å². The van der Waals surface area contributed by atoms with E-state index in [2.05, 4.69) is 5.32 Å². The van der Waals surface area contributed by atoms with Gasteiger partial charge in [0.2, 0.25) is 0 Å². The molecule has 5 heteroatoms. The Morgan fingerprint density at radius 3 is 3.12 bits per heavy atom. The van der Waals surface area contributed by atoms with Crippen LogP contribution < -0.4 is 11.1 Å². The van der Waals surface area contributed by atoms with Crippen molar-refractivity contribution in [3.05, 3.63) is 21.4 Å². The van der Waals surface area contributed by atoms with E-state index in [0.717, 1.165) is 23.5 Å². The molecule has 1 aliphatic rings. The number of carbonyl (C=O) groups is 1. The Morgan fingerprint density at radius 2 is 2.47 bits per heavy atom. The van der Waals surface area contributed by atoms with Crippen LogP contribution in [-0.4, -0.2) is 24.2 Å². The quantitative estimate of drug-likeness (QED) is 0.880. The molecular weight excluding hydrogens is 252 g/mol. The zero-order valence-electron chi connectivity index (χ0n) is 9.99. The van der Waals surface area contributed by atoms with Gasteiger partial charge in [-0.05, 0) is 30.2 Å². The van der Waals surface area contributed by atoms with Gasteiger partial charge >= 0.3 is 0 Å². The normalized spacial score (nSPS) is 16.4. The molecule has 0 saturated heterocycles. The van der Waals surface area contributed by atoms with Crippen molar-refractivity contribution in [1.82, 2.24) is 5.32 Å². The summed E-state index contributed by atoms with van der Waals surface area (Å²) in [7, 11) is 0. The second-order valence-corrected chi connectivity index (χ2v) is 6.42. The first-order valence-electron chi connectivity index (χ1n) is 5.94. The minimum Gasteiger partial charge on any atom is -0.347 e. The van der Waals surface area contributed by atoms with E-state index < -0.39 is 0 Å². The van der Waals surface area contributed by atoms with E-state index in [-0.39, 0.29) is 11.9 Å². The van der Waals surface area contributed by atoms with Crippen LogP contribution in [0.3, 0.4) is 0 Å². The summed E-state index contributed by atoms with van der Waals surface area (Å²) in [4.78, 5) is 14.2. The highest BCUT2D eigenvalue weighted by molar-refractivity contribution is 7.98. The minimum atomic E-state index is 0.0340. The maximum absolute atomic E-state index is 12.0. The van der Waals surface area contributed by atoms with Gasteiger partial charge in [-0.3, -0.25) is 4.79 Å². The number of amides is 1. The van der Waals surface area contributed by atoms with E-state index in [9.17, 15) is 4.79 Å². The zero-order chi connectivity index (χ0) is 12.3. The second-order valence-electron chi connectivity index (χ2n) is 4.18. The van der Waals surface area contributed by atoms with Gasteiger partial charge in [-0.1, -0.05) is 6.92 Å². The fourth-order valence-electron chi connectivity index (χ4n) is 1.84. The average molecular weight is 270 g/mol. The van der Waals surface area contributed by atoms with Crippen LogP contribution >= 0.6 is 23.1 Å². The second kappa shape index (κ2) is 5.89. The Labute approximate surface area is 110 Å². The molecule has 1 unspecified atom stereocenters. The number of hydrogen-bond acceptors (Lipinski definition) is 4. The van der Waals surface area contributed by atoms with Gasteiger partial charge in [0, 0.05) is 23.2 Å². The maximum Gasteiger partial charge on any atom is 0.261 e. The van der Waals surface area contributed by atoms with E-state index in [1.165, 1.54) is 16.2 Å². The lowest BCUT2D eigenvalue weighted by Gasteiger charge is -2.13. The van der Waals surface area contributed by atoms with Crippen molar-refractivity contribution in [3.8, 4) is 0 Å². The maximum atomic E-state index is 12.0. The van der Waals surface area contributed by atoms with Crippen LogP contribution in [0, 0.1) is 0 Å². The summed E-state index contributed by atoms with van der Waals surface area (Å²) in [5, 5.41) is 2.98. The highest BCUT2D eigenvalue weighted by Crippen LogP contribution is 2.31. The molecule has 0 aliphatic carbocycles. The molecule has 0 aromatic carbocycles. The molecule has 2 heterocycles. The Balaban J connectivity index is 2.06. The first-order chi connectivity index (χ1) is 8.24. The third kappa shape index (κ3) is 3.03. The Hall–Kier alpha value is -0.520. The van der Waals surface area contributed by atoms with Crippen LogP contribution in [0.4, 0.5) is 0 Å². The summed E-state index contributed by atoms with van der Waals surface area (Å²) in [5.41, 5.74) is 6.94. The highest BCUT2D eigenvalue weighted by Gasteiger charge is 2.18. The van der Waals surface area contributed by atoms with Crippen molar-refractivity contribution < 1.29 is 4.79 Å². The van der Waals surface area contributed by atoms with Crippen molar-refractivity contribution in [2.24, 2.45) is 5.73 Å². The molecule has 0 radical (unpaired) electrons. The molecule has 0 spiro atoms. The molecule has 3 N–H and O–H groups in total. The van der Waals surface area contributed by atoms with E-state index >= 15 is 0 Å². The summed E-state index contributed by atoms with van der Waals surface area (Å²) < 4.78 is 0. The van der Waals surface area contributed by atoms with Crippen LogP contribution in [0.2, 0.25) is 0 Å². The van der Waals surface area contributed by atoms with Gasteiger partial charge in [0.1, 0.15) is 0 Å². The molecule has 0 fully saturated rings. The standard InChI is InChI=1S/C12H18N2OS2/c1-2-9(6-13)14-12(15)11-5-8-7-16-4-3-10(8)17-11/h5,9H,2-4,6-7,13H2,1H3,(H,14,15). The Kier molecular flexibility index (Phi) is 4.48. The number of fused-ring (bicyclic) bond motifs is 1. The number of nitrogens with one attached hydrogen (secondary N) is 1. The fourth-order valence-corrected chi connectivity index (χ4v) is 4.12. The lowest BCUT2D eigenvalue weighted by atomic mass is 10.2. The van der Waals surface area contributed by atoms with Gasteiger partial charge in [0.15, 0.2) is 0 Å². The molecule has 1 aliphatic heterocycles. The van der Waals surface area contributed by atoms with Crippen molar-refractivity contribution in [2.45, 2.75) is 31.6 Å². The molecule has 2 rings (SSSR count). The third-order valence-corrected chi connectivity index (χ3v) is 5.21. The number of rotatable bonds is 4. The van der Waals surface area contributed by atoms with Crippen LogP contribution in [0.1, 0.15) is 33.5 Å². The van der Waals surface area contributed by atoms with Gasteiger partial charge in [-0.25, -0.2) is 0 Å². The molecule has 0 bridgehead atoms. The fraction of sp³-hybridized carbons (Fsp3) is 0.583. The smallest absolute Gasteiger partial charge is 0.261 e. The number of aryl methyl sites for hydroxylation is 1. The van der Waals surface area contributed by atoms with Crippen molar-refractivity contribution >= 4 is 29.0 Å². The molecular formula is C12H18N2OS2. The summed E-state index contributed by atoms with van der Waals surface area (Å²) in [6.45, 7) is 2.54. The molecule has 1 aromatic heterocycles. The molecule has 1 aromatic rings. The zero-order valence-corrected chi connectivity index (χ0v) is 11.6. The van der Waals surface area contributed by atoms with Gasteiger partial charge in [-0.2, -0.15) is 11.8 Å². The topological polar surface area (TPSA) is 55.1 Å². The summed E-state index contributed by atoms with van der Waals surface area (Å²) in [6.07, 6.45) is 1.98. The van der Waals surface area contributed by atoms with Crippen molar-refractivity contribution in [1.29, 1.82) is 0 Å². The summed E-state index contributed by atoms with van der Waals surface area (Å²) in [6, 6.07) is 2.14. The lowest BCUT2D eigenvalue weighted by Crippen LogP contribution is -2.39. The van der Waals surface area contributed by atoms with Crippen molar-refractivity contribution in [2.75, 3.05) is 12.3 Å². The van der Waals surface area contributed by atoms with Crippen LogP contribution in [-0.2, 0) is 12.2 Å². The van der Waals surface area contributed by atoms with Gasteiger partial charge < -0.3 is 11.1 Å². The molecule has 3 nitrogen and oxygen atoms in total. The van der Waals surface area contributed by atoms with E-state index in [1.807, 2.05) is 24.8 Å². The average Bonchev–Trinajstić information content (AvgIpc) is 2.79. The Bertz CT molecular complexity index is 376. The summed E-state index contributed by atoms with van der Waals surface area (Å²) >= 11 is 3.58.